The molecule has 2 aliphatic rings. The van der Waals surface area contributed by atoms with Crippen molar-refractivity contribution in [1.29, 1.82) is 0 Å². The molecule has 0 radical (unpaired) electrons. The van der Waals surface area contributed by atoms with Crippen LogP contribution in [0.25, 0.3) is 0 Å². The first kappa shape index (κ1) is 9.84. The molecule has 0 spiro atoms. The first-order valence-corrected chi connectivity index (χ1v) is 5.12. The Morgan fingerprint density at radius 1 is 1.19 bits per heavy atom. The first-order chi connectivity index (χ1) is 7.62. The summed E-state index contributed by atoms with van der Waals surface area (Å²) < 4.78 is 37.4. The highest BCUT2D eigenvalue weighted by molar-refractivity contribution is 5.52. The van der Waals surface area contributed by atoms with Gasteiger partial charge in [-0.15, -0.1) is 0 Å². The van der Waals surface area contributed by atoms with Gasteiger partial charge in [-0.3, -0.25) is 0 Å². The molecule has 5 heteroatoms. The molecule has 1 heterocycles. The molecule has 1 aliphatic heterocycles. The molecule has 1 N–H and O–H groups in total. The number of hydrogen-bond acceptors (Lipinski definition) is 3. The second-order valence-corrected chi connectivity index (χ2v) is 4.10. The molecule has 0 aromatic heterocycles. The summed E-state index contributed by atoms with van der Waals surface area (Å²) >= 11 is 0. The molecule has 1 aromatic rings. The van der Waals surface area contributed by atoms with Crippen LogP contribution in [0.1, 0.15) is 18.4 Å². The van der Waals surface area contributed by atoms with Crippen LogP contribution < -0.4 is 9.47 Å². The molecule has 1 fully saturated rings. The monoisotopic (exact) mass is 228 g/mol. The van der Waals surface area contributed by atoms with E-state index in [0.717, 1.165) is 6.07 Å². The van der Waals surface area contributed by atoms with Crippen LogP contribution in [0.5, 0.6) is 11.5 Å². The topological polar surface area (TPSA) is 38.7 Å². The van der Waals surface area contributed by atoms with Gasteiger partial charge < -0.3 is 14.6 Å². The van der Waals surface area contributed by atoms with Gasteiger partial charge in [-0.1, -0.05) is 0 Å². The van der Waals surface area contributed by atoms with Gasteiger partial charge in [0.05, 0.1) is 11.2 Å². The van der Waals surface area contributed by atoms with E-state index in [2.05, 4.69) is 0 Å². The van der Waals surface area contributed by atoms with E-state index in [-0.39, 0.29) is 23.7 Å². The third kappa shape index (κ3) is 1.28. The number of halogens is 2. The van der Waals surface area contributed by atoms with Crippen LogP contribution in [0.3, 0.4) is 0 Å². The zero-order valence-electron chi connectivity index (χ0n) is 8.43. The molecule has 3 nitrogen and oxygen atoms in total. The van der Waals surface area contributed by atoms with Gasteiger partial charge in [-0.25, -0.2) is 8.78 Å². The lowest BCUT2D eigenvalue weighted by Gasteiger charge is -2.23. The number of benzene rings is 1. The van der Waals surface area contributed by atoms with E-state index in [1.807, 2.05) is 0 Å². The lowest BCUT2D eigenvalue weighted by Crippen LogP contribution is -2.21. The zero-order chi connectivity index (χ0) is 11.3. The van der Waals surface area contributed by atoms with Gasteiger partial charge in [0.1, 0.15) is 13.2 Å². The van der Waals surface area contributed by atoms with E-state index in [1.165, 1.54) is 0 Å². The van der Waals surface area contributed by atoms with Crippen LogP contribution in [-0.4, -0.2) is 18.3 Å². The molecular weight excluding hydrogens is 218 g/mol. The second-order valence-electron chi connectivity index (χ2n) is 4.10. The van der Waals surface area contributed by atoms with Gasteiger partial charge in [-0.2, -0.15) is 0 Å². The molecule has 0 unspecified atom stereocenters. The normalized spacial score (nSPS) is 20.7. The fraction of sp³-hybridized carbons (Fsp3) is 0.455. The van der Waals surface area contributed by atoms with E-state index in [4.69, 9.17) is 9.47 Å². The van der Waals surface area contributed by atoms with E-state index < -0.39 is 17.2 Å². The van der Waals surface area contributed by atoms with Crippen molar-refractivity contribution >= 4 is 0 Å². The van der Waals surface area contributed by atoms with Gasteiger partial charge in [0.15, 0.2) is 23.1 Å². The van der Waals surface area contributed by atoms with Crippen LogP contribution in [-0.2, 0) is 5.60 Å². The van der Waals surface area contributed by atoms with Gasteiger partial charge in [0.2, 0.25) is 0 Å². The Morgan fingerprint density at radius 2 is 1.88 bits per heavy atom. The number of fused-ring (bicyclic) bond motifs is 1. The largest absolute Gasteiger partial charge is 0.486 e. The predicted molar refractivity (Wildman–Crippen MR) is 50.5 cm³/mol. The van der Waals surface area contributed by atoms with Crippen molar-refractivity contribution in [1.82, 2.24) is 0 Å². The van der Waals surface area contributed by atoms with E-state index in [1.54, 1.807) is 0 Å². The highest BCUT2D eigenvalue weighted by atomic mass is 19.2. The van der Waals surface area contributed by atoms with E-state index in [9.17, 15) is 13.9 Å². The minimum absolute atomic E-state index is 0.0952. The molecule has 3 rings (SSSR count). The third-order valence-electron chi connectivity index (χ3n) is 2.91. The second kappa shape index (κ2) is 3.07. The van der Waals surface area contributed by atoms with Crippen LogP contribution in [0.2, 0.25) is 0 Å². The Kier molecular flexibility index (Phi) is 1.89. The summed E-state index contributed by atoms with van der Waals surface area (Å²) in [6.07, 6.45) is 0.840. The van der Waals surface area contributed by atoms with Gasteiger partial charge in [-0.05, 0) is 12.8 Å². The average molecular weight is 228 g/mol. The number of hydrogen-bond donors (Lipinski definition) is 1. The van der Waals surface area contributed by atoms with Crippen molar-refractivity contribution in [2.75, 3.05) is 13.2 Å². The summed E-state index contributed by atoms with van der Waals surface area (Å²) in [5.41, 5.74) is -1.38. The van der Waals surface area contributed by atoms with Gasteiger partial charge >= 0.3 is 0 Å². The highest BCUT2D eigenvalue weighted by Crippen LogP contribution is 2.53. The standard InChI is InChI=1S/C11H10F2O3/c12-6-5-7-10(16-4-3-15-7)8(9(6)13)11(14)1-2-11/h5,14H,1-4H2. The molecule has 0 amide bonds. The van der Waals surface area contributed by atoms with Crippen LogP contribution in [0, 0.1) is 11.6 Å². The SMILES string of the molecule is OC1(c2c(F)c(F)cc3c2OCCO3)CC1. The van der Waals surface area contributed by atoms with Gasteiger partial charge in [0.25, 0.3) is 0 Å². The molecular formula is C11H10F2O3. The van der Waals surface area contributed by atoms with Crippen molar-refractivity contribution < 1.29 is 23.4 Å². The summed E-state index contributed by atoms with van der Waals surface area (Å²) in [5.74, 6) is -1.74. The Labute approximate surface area is 90.6 Å². The van der Waals surface area contributed by atoms with Crippen LogP contribution in [0.4, 0.5) is 8.78 Å². The minimum Gasteiger partial charge on any atom is -0.486 e. The van der Waals surface area contributed by atoms with Crippen molar-refractivity contribution in [3.8, 4) is 11.5 Å². The minimum atomic E-state index is -1.28. The summed E-state index contributed by atoms with van der Waals surface area (Å²) in [4.78, 5) is 0. The van der Waals surface area contributed by atoms with Crippen molar-refractivity contribution in [3.05, 3.63) is 23.3 Å². The Hall–Kier alpha value is -1.36. The Balaban J connectivity index is 2.23. The van der Waals surface area contributed by atoms with Gasteiger partial charge in [0, 0.05) is 6.07 Å². The Morgan fingerprint density at radius 3 is 2.56 bits per heavy atom. The third-order valence-corrected chi connectivity index (χ3v) is 2.91. The number of ether oxygens (including phenoxy) is 2. The highest BCUT2D eigenvalue weighted by Gasteiger charge is 2.48. The summed E-state index contributed by atoms with van der Waals surface area (Å²) in [7, 11) is 0. The Bertz CT molecular complexity index is 455. The molecule has 0 bridgehead atoms. The van der Waals surface area contributed by atoms with Crippen LogP contribution in [0.15, 0.2) is 6.07 Å². The molecule has 1 saturated carbocycles. The summed E-state index contributed by atoms with van der Waals surface area (Å²) in [6, 6.07) is 0.957. The maximum Gasteiger partial charge on any atom is 0.170 e. The fourth-order valence-corrected chi connectivity index (χ4v) is 1.92. The number of aliphatic hydroxyl groups is 1. The maximum absolute atomic E-state index is 13.7. The lowest BCUT2D eigenvalue weighted by atomic mass is 10.0. The lowest BCUT2D eigenvalue weighted by molar-refractivity contribution is 0.123. The smallest absolute Gasteiger partial charge is 0.170 e. The summed E-state index contributed by atoms with van der Waals surface area (Å²) in [6.45, 7) is 0.580. The van der Waals surface area contributed by atoms with Crippen molar-refractivity contribution in [3.63, 3.8) is 0 Å². The molecule has 1 aromatic carbocycles. The quantitative estimate of drug-likeness (QED) is 0.795. The molecule has 1 aliphatic carbocycles. The van der Waals surface area contributed by atoms with Crippen molar-refractivity contribution in [2.45, 2.75) is 18.4 Å². The first-order valence-electron chi connectivity index (χ1n) is 5.12. The molecule has 16 heavy (non-hydrogen) atoms. The zero-order valence-corrected chi connectivity index (χ0v) is 8.43. The van der Waals surface area contributed by atoms with E-state index in [0.29, 0.717) is 19.4 Å². The molecule has 86 valence electrons. The fourth-order valence-electron chi connectivity index (χ4n) is 1.92. The predicted octanol–water partition coefficient (Wildman–Crippen LogP) is 1.72. The molecule has 0 atom stereocenters. The maximum atomic E-state index is 13.7. The van der Waals surface area contributed by atoms with Crippen LogP contribution >= 0.6 is 0 Å². The average Bonchev–Trinajstić information content (AvgIpc) is 2.99. The number of rotatable bonds is 1. The van der Waals surface area contributed by atoms with Crippen molar-refractivity contribution in [2.24, 2.45) is 0 Å². The molecule has 0 saturated heterocycles. The van der Waals surface area contributed by atoms with E-state index >= 15 is 0 Å². The summed E-state index contributed by atoms with van der Waals surface area (Å²) in [5, 5.41) is 9.92.